The topological polar surface area (TPSA) is 72.3 Å². The minimum absolute atomic E-state index is 0.0237. The average molecular weight is 293 g/mol. The standard InChI is InChI=1S/C14H13ClN2O3/c1-8-9(2)16-17-13(12(8)14(18)19)20-7-10-3-5-11(15)6-4-10/h3-6H,7H2,1-2H3,(H,18,19). The van der Waals surface area contributed by atoms with E-state index in [0.29, 0.717) is 16.3 Å². The van der Waals surface area contributed by atoms with E-state index in [-0.39, 0.29) is 18.1 Å². The van der Waals surface area contributed by atoms with Gasteiger partial charge in [-0.2, -0.15) is 5.10 Å². The normalized spacial score (nSPS) is 10.3. The predicted molar refractivity (Wildman–Crippen MR) is 74.2 cm³/mol. The Morgan fingerprint density at radius 3 is 2.50 bits per heavy atom. The molecule has 1 heterocycles. The first-order chi connectivity index (χ1) is 9.49. The zero-order chi connectivity index (χ0) is 14.7. The molecule has 2 rings (SSSR count). The fourth-order valence-electron chi connectivity index (χ4n) is 1.67. The molecule has 0 spiro atoms. The van der Waals surface area contributed by atoms with Crippen LogP contribution in [0.3, 0.4) is 0 Å². The summed E-state index contributed by atoms with van der Waals surface area (Å²) in [7, 11) is 0. The number of hydrogen-bond donors (Lipinski definition) is 1. The van der Waals surface area contributed by atoms with Crippen LogP contribution in [0.15, 0.2) is 24.3 Å². The van der Waals surface area contributed by atoms with E-state index >= 15 is 0 Å². The molecule has 0 aliphatic carbocycles. The minimum Gasteiger partial charge on any atom is -0.477 e. The molecule has 1 N–H and O–H groups in total. The van der Waals surface area contributed by atoms with Gasteiger partial charge < -0.3 is 9.84 Å². The van der Waals surface area contributed by atoms with Crippen LogP contribution in [0.2, 0.25) is 5.02 Å². The van der Waals surface area contributed by atoms with E-state index in [1.807, 2.05) is 0 Å². The Morgan fingerprint density at radius 1 is 1.25 bits per heavy atom. The van der Waals surface area contributed by atoms with Gasteiger partial charge >= 0.3 is 5.97 Å². The molecule has 0 aliphatic rings. The molecular formula is C14H13ClN2O3. The summed E-state index contributed by atoms with van der Waals surface area (Å²) in [5.41, 5.74) is 2.04. The van der Waals surface area contributed by atoms with Crippen molar-refractivity contribution in [2.24, 2.45) is 0 Å². The molecule has 0 unspecified atom stereocenters. The van der Waals surface area contributed by atoms with Crippen molar-refractivity contribution in [3.8, 4) is 5.88 Å². The van der Waals surface area contributed by atoms with Crippen LogP contribution >= 0.6 is 11.6 Å². The maximum atomic E-state index is 11.3. The fourth-order valence-corrected chi connectivity index (χ4v) is 1.80. The molecule has 0 saturated heterocycles. The van der Waals surface area contributed by atoms with Gasteiger partial charge in [-0.15, -0.1) is 5.10 Å². The van der Waals surface area contributed by atoms with Crippen LogP contribution in [-0.2, 0) is 6.61 Å². The first-order valence-corrected chi connectivity index (χ1v) is 6.31. The first kappa shape index (κ1) is 14.3. The second-order valence-electron chi connectivity index (χ2n) is 4.31. The zero-order valence-electron chi connectivity index (χ0n) is 11.1. The molecule has 104 valence electrons. The third-order valence-corrected chi connectivity index (χ3v) is 3.18. The number of rotatable bonds is 4. The number of aromatic nitrogens is 2. The lowest BCUT2D eigenvalue weighted by atomic mass is 10.1. The van der Waals surface area contributed by atoms with Gasteiger partial charge in [-0.3, -0.25) is 0 Å². The quantitative estimate of drug-likeness (QED) is 0.938. The van der Waals surface area contributed by atoms with Crippen LogP contribution in [0.4, 0.5) is 0 Å². The molecule has 20 heavy (non-hydrogen) atoms. The van der Waals surface area contributed by atoms with Crippen molar-refractivity contribution in [3.63, 3.8) is 0 Å². The number of benzene rings is 1. The monoisotopic (exact) mass is 292 g/mol. The summed E-state index contributed by atoms with van der Waals surface area (Å²) in [5, 5.41) is 17.6. The third-order valence-electron chi connectivity index (χ3n) is 2.93. The number of carboxylic acid groups (broad SMARTS) is 1. The maximum Gasteiger partial charge on any atom is 0.341 e. The first-order valence-electron chi connectivity index (χ1n) is 5.93. The van der Waals surface area contributed by atoms with E-state index in [1.54, 1.807) is 38.1 Å². The van der Waals surface area contributed by atoms with Crippen molar-refractivity contribution in [3.05, 3.63) is 51.7 Å². The highest BCUT2D eigenvalue weighted by molar-refractivity contribution is 6.30. The van der Waals surface area contributed by atoms with Crippen molar-refractivity contribution in [1.82, 2.24) is 10.2 Å². The molecule has 0 amide bonds. The Balaban J connectivity index is 2.23. The molecule has 0 radical (unpaired) electrons. The number of hydrogen-bond acceptors (Lipinski definition) is 4. The van der Waals surface area contributed by atoms with Gasteiger partial charge in [-0.1, -0.05) is 23.7 Å². The number of nitrogens with zero attached hydrogens (tertiary/aromatic N) is 2. The van der Waals surface area contributed by atoms with Gasteiger partial charge in [0.05, 0.1) is 5.69 Å². The highest BCUT2D eigenvalue weighted by Gasteiger charge is 2.18. The lowest BCUT2D eigenvalue weighted by molar-refractivity contribution is 0.0689. The van der Waals surface area contributed by atoms with E-state index in [1.165, 1.54) is 0 Å². The fraction of sp³-hybridized carbons (Fsp3) is 0.214. The van der Waals surface area contributed by atoms with Crippen molar-refractivity contribution in [2.45, 2.75) is 20.5 Å². The zero-order valence-corrected chi connectivity index (χ0v) is 11.8. The van der Waals surface area contributed by atoms with Crippen LogP contribution in [-0.4, -0.2) is 21.3 Å². The van der Waals surface area contributed by atoms with Crippen LogP contribution < -0.4 is 4.74 Å². The molecule has 0 bridgehead atoms. The van der Waals surface area contributed by atoms with E-state index in [2.05, 4.69) is 10.2 Å². The summed E-state index contributed by atoms with van der Waals surface area (Å²) in [6, 6.07) is 7.09. The van der Waals surface area contributed by atoms with Crippen molar-refractivity contribution in [2.75, 3.05) is 0 Å². The number of aryl methyl sites for hydroxylation is 1. The number of carbonyl (C=O) groups is 1. The lowest BCUT2D eigenvalue weighted by Gasteiger charge is -2.10. The Bertz CT molecular complexity index is 642. The van der Waals surface area contributed by atoms with Crippen LogP contribution in [0, 0.1) is 13.8 Å². The molecule has 0 saturated carbocycles. The summed E-state index contributed by atoms with van der Waals surface area (Å²) >= 11 is 5.79. The summed E-state index contributed by atoms with van der Waals surface area (Å²) in [4.78, 5) is 11.3. The van der Waals surface area contributed by atoms with Crippen LogP contribution in [0.25, 0.3) is 0 Å². The second-order valence-corrected chi connectivity index (χ2v) is 4.75. The van der Waals surface area contributed by atoms with Gasteiger partial charge in [-0.25, -0.2) is 4.79 Å². The lowest BCUT2D eigenvalue weighted by Crippen LogP contribution is -2.10. The van der Waals surface area contributed by atoms with E-state index in [0.717, 1.165) is 5.56 Å². The Kier molecular flexibility index (Phi) is 4.20. The molecule has 6 heteroatoms. The van der Waals surface area contributed by atoms with Crippen LogP contribution in [0.1, 0.15) is 27.2 Å². The third kappa shape index (κ3) is 3.05. The number of halogens is 1. The minimum atomic E-state index is -1.08. The molecule has 1 aromatic heterocycles. The van der Waals surface area contributed by atoms with E-state index < -0.39 is 5.97 Å². The highest BCUT2D eigenvalue weighted by Crippen LogP contribution is 2.21. The summed E-state index contributed by atoms with van der Waals surface area (Å²) < 4.78 is 5.46. The van der Waals surface area contributed by atoms with Gasteiger partial charge in [0.2, 0.25) is 5.88 Å². The number of carboxylic acids is 1. The summed E-state index contributed by atoms with van der Waals surface area (Å²) in [6.45, 7) is 3.59. The van der Waals surface area contributed by atoms with Gasteiger partial charge in [-0.05, 0) is 37.1 Å². The molecular weight excluding hydrogens is 280 g/mol. The summed E-state index contributed by atoms with van der Waals surface area (Å²) in [6.07, 6.45) is 0. The van der Waals surface area contributed by atoms with Crippen molar-refractivity contribution in [1.29, 1.82) is 0 Å². The largest absolute Gasteiger partial charge is 0.477 e. The van der Waals surface area contributed by atoms with Gasteiger partial charge in [0.1, 0.15) is 12.2 Å². The number of ether oxygens (including phenoxy) is 1. The summed E-state index contributed by atoms with van der Waals surface area (Å²) in [5.74, 6) is -1.05. The Morgan fingerprint density at radius 2 is 1.90 bits per heavy atom. The van der Waals surface area contributed by atoms with Gasteiger partial charge in [0.15, 0.2) is 0 Å². The van der Waals surface area contributed by atoms with Crippen LogP contribution in [0.5, 0.6) is 5.88 Å². The Labute approximate surface area is 121 Å². The van der Waals surface area contributed by atoms with Gasteiger partial charge in [0, 0.05) is 5.02 Å². The predicted octanol–water partition coefficient (Wildman–Crippen LogP) is 3.02. The molecule has 0 aliphatic heterocycles. The molecule has 2 aromatic rings. The molecule has 1 aromatic carbocycles. The molecule has 0 fully saturated rings. The smallest absolute Gasteiger partial charge is 0.341 e. The molecule has 5 nitrogen and oxygen atoms in total. The van der Waals surface area contributed by atoms with Crippen molar-refractivity contribution < 1.29 is 14.6 Å². The van der Waals surface area contributed by atoms with E-state index in [9.17, 15) is 9.90 Å². The van der Waals surface area contributed by atoms with Gasteiger partial charge in [0.25, 0.3) is 0 Å². The SMILES string of the molecule is Cc1nnc(OCc2ccc(Cl)cc2)c(C(=O)O)c1C. The number of aromatic carboxylic acids is 1. The van der Waals surface area contributed by atoms with E-state index in [4.69, 9.17) is 16.3 Å². The van der Waals surface area contributed by atoms with Crippen molar-refractivity contribution >= 4 is 17.6 Å². The second kappa shape index (κ2) is 5.88. The Hall–Kier alpha value is -2.14. The average Bonchev–Trinajstić information content (AvgIpc) is 2.41. The highest BCUT2D eigenvalue weighted by atomic mass is 35.5. The maximum absolute atomic E-state index is 11.3. The molecule has 0 atom stereocenters.